The van der Waals surface area contributed by atoms with Gasteiger partial charge in [-0.05, 0) is 47.9 Å². The SMILES string of the molecule is Fc1cc(Br)cnc1NCCN1CCCC1. The van der Waals surface area contributed by atoms with Crippen LogP contribution in [0.15, 0.2) is 16.7 Å². The molecule has 2 rings (SSSR count). The van der Waals surface area contributed by atoms with Crippen LogP contribution in [0.5, 0.6) is 0 Å². The Morgan fingerprint density at radius 3 is 2.88 bits per heavy atom. The maximum absolute atomic E-state index is 13.4. The van der Waals surface area contributed by atoms with Crippen LogP contribution in [0.1, 0.15) is 12.8 Å². The van der Waals surface area contributed by atoms with Crippen molar-refractivity contribution in [1.82, 2.24) is 9.88 Å². The zero-order valence-corrected chi connectivity index (χ0v) is 10.6. The van der Waals surface area contributed by atoms with Gasteiger partial charge in [-0.2, -0.15) is 0 Å². The highest BCUT2D eigenvalue weighted by Gasteiger charge is 2.11. The van der Waals surface area contributed by atoms with Gasteiger partial charge in [0.05, 0.1) is 0 Å². The van der Waals surface area contributed by atoms with Crippen molar-refractivity contribution >= 4 is 21.7 Å². The predicted octanol–water partition coefficient (Wildman–Crippen LogP) is 2.49. The average Bonchev–Trinajstić information content (AvgIpc) is 2.74. The first-order chi connectivity index (χ1) is 7.75. The lowest BCUT2D eigenvalue weighted by Crippen LogP contribution is -2.26. The number of halogens is 2. The summed E-state index contributed by atoms with van der Waals surface area (Å²) in [6.07, 6.45) is 4.16. The Morgan fingerprint density at radius 1 is 1.44 bits per heavy atom. The fraction of sp³-hybridized carbons (Fsp3) is 0.545. The van der Waals surface area contributed by atoms with Gasteiger partial charge in [0.2, 0.25) is 0 Å². The standard InChI is InChI=1S/C11H15BrFN3/c12-9-7-10(13)11(15-8-9)14-3-6-16-4-1-2-5-16/h7-8H,1-6H2,(H,14,15). The quantitative estimate of drug-likeness (QED) is 0.922. The number of anilines is 1. The molecule has 0 spiro atoms. The van der Waals surface area contributed by atoms with Crippen molar-refractivity contribution in [3.8, 4) is 0 Å². The maximum atomic E-state index is 13.4. The van der Waals surface area contributed by atoms with Gasteiger partial charge < -0.3 is 10.2 Å². The van der Waals surface area contributed by atoms with Crippen molar-refractivity contribution < 1.29 is 4.39 Å². The van der Waals surface area contributed by atoms with E-state index in [1.54, 1.807) is 6.20 Å². The average molecular weight is 288 g/mol. The molecule has 0 unspecified atom stereocenters. The Balaban J connectivity index is 1.80. The van der Waals surface area contributed by atoms with Crippen LogP contribution in [0, 0.1) is 5.82 Å². The van der Waals surface area contributed by atoms with Crippen LogP contribution in [0.4, 0.5) is 10.2 Å². The lowest BCUT2D eigenvalue weighted by atomic mass is 10.4. The molecule has 1 aromatic heterocycles. The summed E-state index contributed by atoms with van der Waals surface area (Å²) in [5.41, 5.74) is 0. The smallest absolute Gasteiger partial charge is 0.166 e. The molecule has 0 aromatic carbocycles. The number of likely N-dealkylation sites (tertiary alicyclic amines) is 1. The van der Waals surface area contributed by atoms with Crippen molar-refractivity contribution in [2.45, 2.75) is 12.8 Å². The molecule has 0 radical (unpaired) electrons. The molecule has 5 heteroatoms. The molecule has 16 heavy (non-hydrogen) atoms. The number of nitrogens with zero attached hydrogens (tertiary/aromatic N) is 2. The van der Waals surface area contributed by atoms with Gasteiger partial charge in [0.1, 0.15) is 0 Å². The van der Waals surface area contributed by atoms with Crippen molar-refractivity contribution in [2.75, 3.05) is 31.5 Å². The Morgan fingerprint density at radius 2 is 2.19 bits per heavy atom. The molecule has 1 fully saturated rings. The van der Waals surface area contributed by atoms with Crippen LogP contribution in [-0.2, 0) is 0 Å². The van der Waals surface area contributed by atoms with E-state index in [0.29, 0.717) is 10.3 Å². The Labute approximate surface area is 103 Å². The first kappa shape index (κ1) is 11.8. The van der Waals surface area contributed by atoms with Crippen LogP contribution in [0.25, 0.3) is 0 Å². The summed E-state index contributed by atoms with van der Waals surface area (Å²) in [5.74, 6) is 0.0261. The highest BCUT2D eigenvalue weighted by molar-refractivity contribution is 9.10. The van der Waals surface area contributed by atoms with Crippen LogP contribution in [-0.4, -0.2) is 36.1 Å². The summed E-state index contributed by atoms with van der Waals surface area (Å²) in [6, 6.07) is 1.42. The number of nitrogens with one attached hydrogen (secondary N) is 1. The van der Waals surface area contributed by atoms with Crippen molar-refractivity contribution in [2.24, 2.45) is 0 Å². The molecule has 3 nitrogen and oxygen atoms in total. The second kappa shape index (κ2) is 5.59. The van der Waals surface area contributed by atoms with E-state index in [1.165, 1.54) is 18.9 Å². The van der Waals surface area contributed by atoms with E-state index in [0.717, 1.165) is 26.2 Å². The van der Waals surface area contributed by atoms with Gasteiger partial charge in [-0.25, -0.2) is 9.37 Å². The first-order valence-corrected chi connectivity index (χ1v) is 6.32. The minimum atomic E-state index is -0.309. The summed E-state index contributed by atoms with van der Waals surface area (Å²) in [4.78, 5) is 6.37. The zero-order chi connectivity index (χ0) is 11.4. The molecule has 0 aliphatic carbocycles. The van der Waals surface area contributed by atoms with Crippen LogP contribution < -0.4 is 5.32 Å². The Kier molecular flexibility index (Phi) is 4.12. The third kappa shape index (κ3) is 3.15. The molecule has 1 saturated heterocycles. The predicted molar refractivity (Wildman–Crippen MR) is 66.1 cm³/mol. The van der Waals surface area contributed by atoms with Gasteiger partial charge in [-0.15, -0.1) is 0 Å². The van der Waals surface area contributed by atoms with E-state index in [4.69, 9.17) is 0 Å². The summed E-state index contributed by atoms with van der Waals surface area (Å²) >= 11 is 3.18. The third-order valence-corrected chi connectivity index (χ3v) is 3.16. The van der Waals surface area contributed by atoms with Gasteiger partial charge in [0.25, 0.3) is 0 Å². The van der Waals surface area contributed by atoms with Gasteiger partial charge in [-0.3, -0.25) is 0 Å². The molecular weight excluding hydrogens is 273 g/mol. The molecule has 0 bridgehead atoms. The number of pyridine rings is 1. The molecule has 1 aliphatic rings. The molecule has 0 atom stereocenters. The van der Waals surface area contributed by atoms with E-state index in [1.807, 2.05) is 0 Å². The number of hydrogen-bond donors (Lipinski definition) is 1. The maximum Gasteiger partial charge on any atom is 0.166 e. The molecule has 0 amide bonds. The van der Waals surface area contributed by atoms with Crippen LogP contribution in [0.2, 0.25) is 0 Å². The van der Waals surface area contributed by atoms with Gasteiger partial charge in [0, 0.05) is 23.8 Å². The summed E-state index contributed by atoms with van der Waals surface area (Å²) in [7, 11) is 0. The zero-order valence-electron chi connectivity index (χ0n) is 9.05. The highest BCUT2D eigenvalue weighted by Crippen LogP contribution is 2.15. The second-order valence-corrected chi connectivity index (χ2v) is 4.88. The van der Waals surface area contributed by atoms with Crippen molar-refractivity contribution in [3.05, 3.63) is 22.6 Å². The normalized spacial score (nSPS) is 16.6. The Bertz CT molecular complexity index is 353. The fourth-order valence-corrected chi connectivity index (χ4v) is 2.19. The van der Waals surface area contributed by atoms with Crippen molar-refractivity contribution in [1.29, 1.82) is 0 Å². The fourth-order valence-electron chi connectivity index (χ4n) is 1.88. The van der Waals surface area contributed by atoms with Gasteiger partial charge in [-0.1, -0.05) is 0 Å². The lowest BCUT2D eigenvalue weighted by Gasteiger charge is -2.15. The largest absolute Gasteiger partial charge is 0.366 e. The molecule has 1 aliphatic heterocycles. The Hall–Kier alpha value is -0.680. The molecule has 2 heterocycles. The van der Waals surface area contributed by atoms with E-state index < -0.39 is 0 Å². The molecule has 0 saturated carbocycles. The van der Waals surface area contributed by atoms with Crippen LogP contribution >= 0.6 is 15.9 Å². The number of hydrogen-bond acceptors (Lipinski definition) is 3. The molecule has 1 aromatic rings. The van der Waals surface area contributed by atoms with E-state index in [9.17, 15) is 4.39 Å². The first-order valence-electron chi connectivity index (χ1n) is 5.53. The van der Waals surface area contributed by atoms with Gasteiger partial charge in [0.15, 0.2) is 11.6 Å². The lowest BCUT2D eigenvalue weighted by molar-refractivity contribution is 0.352. The summed E-state index contributed by atoms with van der Waals surface area (Å²) in [5, 5.41) is 3.02. The van der Waals surface area contributed by atoms with Gasteiger partial charge >= 0.3 is 0 Å². The van der Waals surface area contributed by atoms with E-state index in [-0.39, 0.29) is 5.82 Å². The molecule has 1 N–H and O–H groups in total. The van der Waals surface area contributed by atoms with E-state index in [2.05, 4.69) is 31.1 Å². The third-order valence-electron chi connectivity index (χ3n) is 2.73. The molecule has 88 valence electrons. The van der Waals surface area contributed by atoms with Crippen molar-refractivity contribution in [3.63, 3.8) is 0 Å². The second-order valence-electron chi connectivity index (χ2n) is 3.96. The number of rotatable bonds is 4. The monoisotopic (exact) mass is 287 g/mol. The number of aromatic nitrogens is 1. The summed E-state index contributed by atoms with van der Waals surface area (Å²) < 4.78 is 14.0. The van der Waals surface area contributed by atoms with E-state index >= 15 is 0 Å². The highest BCUT2D eigenvalue weighted by atomic mass is 79.9. The topological polar surface area (TPSA) is 28.2 Å². The summed E-state index contributed by atoms with van der Waals surface area (Å²) in [6.45, 7) is 4.03. The van der Waals surface area contributed by atoms with Crippen LogP contribution in [0.3, 0.4) is 0 Å². The molecular formula is C11H15BrFN3. The minimum absolute atomic E-state index is 0.309. The minimum Gasteiger partial charge on any atom is -0.366 e.